The molecule has 2 amide bonds. The van der Waals surface area contributed by atoms with Crippen LogP contribution in [0.25, 0.3) is 0 Å². The molecule has 4 aromatic carbocycles. The van der Waals surface area contributed by atoms with Crippen LogP contribution in [0.2, 0.25) is 10.0 Å². The fraction of sp³-hybridized carbons (Fsp3) is 0.188. The van der Waals surface area contributed by atoms with E-state index in [9.17, 15) is 22.4 Å². The van der Waals surface area contributed by atoms with Crippen molar-refractivity contribution in [2.75, 3.05) is 17.4 Å². The van der Waals surface area contributed by atoms with Crippen LogP contribution in [0.5, 0.6) is 0 Å². The monoisotopic (exact) mass is 641 g/mol. The van der Waals surface area contributed by atoms with Crippen LogP contribution in [0.4, 0.5) is 10.1 Å². The number of amides is 2. The summed E-state index contributed by atoms with van der Waals surface area (Å²) < 4.78 is 43.7. The average molecular weight is 643 g/mol. The van der Waals surface area contributed by atoms with E-state index in [-0.39, 0.29) is 39.2 Å². The van der Waals surface area contributed by atoms with Crippen molar-refractivity contribution < 1.29 is 22.4 Å². The molecule has 4 rings (SSSR count). The number of likely N-dealkylation sites (N-methyl/N-ethyl adjacent to an activating group) is 1. The molecular formula is C32H30Cl2FN3O4S. The zero-order chi connectivity index (χ0) is 31.0. The lowest BCUT2D eigenvalue weighted by Gasteiger charge is -2.34. The van der Waals surface area contributed by atoms with Crippen molar-refractivity contribution in [2.24, 2.45) is 0 Å². The quantitative estimate of drug-likeness (QED) is 0.202. The first kappa shape index (κ1) is 32.0. The molecule has 0 heterocycles. The summed E-state index contributed by atoms with van der Waals surface area (Å²) in [4.78, 5) is 28.9. The Bertz CT molecular complexity index is 1650. The minimum absolute atomic E-state index is 0.0539. The second kappa shape index (κ2) is 14.5. The van der Waals surface area contributed by atoms with E-state index in [1.165, 1.54) is 53.4 Å². The van der Waals surface area contributed by atoms with Gasteiger partial charge in [-0.3, -0.25) is 13.9 Å². The summed E-state index contributed by atoms with van der Waals surface area (Å²) in [6, 6.07) is 25.7. The van der Waals surface area contributed by atoms with E-state index in [4.69, 9.17) is 23.2 Å². The van der Waals surface area contributed by atoms with Crippen molar-refractivity contribution in [3.8, 4) is 0 Å². The van der Waals surface area contributed by atoms with Crippen molar-refractivity contribution in [3.63, 3.8) is 0 Å². The summed E-state index contributed by atoms with van der Waals surface area (Å²) in [7, 11) is -4.32. The van der Waals surface area contributed by atoms with E-state index in [1.54, 1.807) is 31.2 Å². The van der Waals surface area contributed by atoms with Gasteiger partial charge in [0.05, 0.1) is 10.6 Å². The van der Waals surface area contributed by atoms with Gasteiger partial charge >= 0.3 is 0 Å². The summed E-state index contributed by atoms with van der Waals surface area (Å²) in [6.07, 6.45) is 0.112. The highest BCUT2D eigenvalue weighted by Gasteiger charge is 2.35. The number of rotatable bonds is 12. The summed E-state index contributed by atoms with van der Waals surface area (Å²) in [5.41, 5.74) is 0.986. The fourth-order valence-electron chi connectivity index (χ4n) is 4.59. The Morgan fingerprint density at radius 3 is 2.05 bits per heavy atom. The molecule has 0 spiro atoms. The summed E-state index contributed by atoms with van der Waals surface area (Å²) in [5, 5.41) is 3.09. The molecular weight excluding hydrogens is 612 g/mol. The normalized spacial score (nSPS) is 11.9. The van der Waals surface area contributed by atoms with Crippen LogP contribution in [0.1, 0.15) is 18.1 Å². The van der Waals surface area contributed by atoms with Crippen LogP contribution in [0.15, 0.2) is 108 Å². The van der Waals surface area contributed by atoms with Gasteiger partial charge in [-0.15, -0.1) is 0 Å². The van der Waals surface area contributed by atoms with Gasteiger partial charge in [0.15, 0.2) is 0 Å². The van der Waals surface area contributed by atoms with Gasteiger partial charge in [-0.1, -0.05) is 89.9 Å². The molecule has 1 atom stereocenters. The van der Waals surface area contributed by atoms with Gasteiger partial charge in [0.1, 0.15) is 18.4 Å². The van der Waals surface area contributed by atoms with Crippen LogP contribution in [-0.2, 0) is 32.6 Å². The Kier molecular flexibility index (Phi) is 10.8. The number of hydrogen-bond donors (Lipinski definition) is 1. The maximum Gasteiger partial charge on any atom is 0.264 e. The molecule has 0 aromatic heterocycles. The minimum atomic E-state index is -4.32. The first-order valence-corrected chi connectivity index (χ1v) is 15.7. The average Bonchev–Trinajstić information content (AvgIpc) is 2.99. The number of anilines is 1. The molecule has 1 unspecified atom stereocenters. The molecule has 0 aliphatic rings. The van der Waals surface area contributed by atoms with E-state index in [0.29, 0.717) is 6.54 Å². The maximum absolute atomic E-state index is 14.9. The van der Waals surface area contributed by atoms with E-state index < -0.39 is 40.2 Å². The zero-order valence-electron chi connectivity index (χ0n) is 23.3. The smallest absolute Gasteiger partial charge is 0.264 e. The van der Waals surface area contributed by atoms with Gasteiger partial charge in [0.2, 0.25) is 11.8 Å². The fourth-order valence-corrected chi connectivity index (χ4v) is 6.52. The molecule has 4 aromatic rings. The lowest BCUT2D eigenvalue weighted by Crippen LogP contribution is -2.53. The van der Waals surface area contributed by atoms with Crippen LogP contribution in [0, 0.1) is 5.82 Å². The molecule has 7 nitrogen and oxygen atoms in total. The largest absolute Gasteiger partial charge is 0.355 e. The highest BCUT2D eigenvalue weighted by molar-refractivity contribution is 7.92. The highest BCUT2D eigenvalue weighted by atomic mass is 35.5. The number of hydrogen-bond acceptors (Lipinski definition) is 4. The SMILES string of the molecule is CCNC(=O)C(Cc1ccccc1)N(Cc1ccccc1F)C(=O)CN(c1cc(Cl)cc(Cl)c1)S(=O)(=O)c1ccccc1. The van der Waals surface area contributed by atoms with E-state index in [0.717, 1.165) is 9.87 Å². The Balaban J connectivity index is 1.82. The van der Waals surface area contributed by atoms with E-state index >= 15 is 0 Å². The molecule has 224 valence electrons. The number of halogens is 3. The molecule has 0 bridgehead atoms. The van der Waals surface area contributed by atoms with Gasteiger partial charge in [-0.2, -0.15) is 0 Å². The van der Waals surface area contributed by atoms with E-state index in [2.05, 4.69) is 5.32 Å². The Labute approximate surface area is 260 Å². The number of benzene rings is 4. The summed E-state index contributed by atoms with van der Waals surface area (Å²) in [6.45, 7) is 1.04. The highest BCUT2D eigenvalue weighted by Crippen LogP contribution is 2.30. The molecule has 1 N–H and O–H groups in total. The van der Waals surface area contributed by atoms with Gasteiger partial charge < -0.3 is 10.2 Å². The van der Waals surface area contributed by atoms with E-state index in [1.807, 2.05) is 30.3 Å². The molecule has 0 radical (unpaired) electrons. The molecule has 0 saturated carbocycles. The van der Waals surface area contributed by atoms with Gasteiger partial charge in [0, 0.05) is 35.1 Å². The second-order valence-electron chi connectivity index (χ2n) is 9.67. The number of carbonyl (C=O) groups excluding carboxylic acids is 2. The van der Waals surface area contributed by atoms with Crippen LogP contribution in [0.3, 0.4) is 0 Å². The second-order valence-corrected chi connectivity index (χ2v) is 12.4. The maximum atomic E-state index is 14.9. The third-order valence-corrected chi connectivity index (χ3v) is 8.89. The van der Waals surface area contributed by atoms with Crippen molar-refractivity contribution in [2.45, 2.75) is 30.8 Å². The Hall–Kier alpha value is -3.92. The third-order valence-electron chi connectivity index (χ3n) is 6.67. The summed E-state index contributed by atoms with van der Waals surface area (Å²) >= 11 is 12.5. The first-order chi connectivity index (χ1) is 20.6. The molecule has 0 saturated heterocycles. The first-order valence-electron chi connectivity index (χ1n) is 13.5. The van der Waals surface area contributed by atoms with Crippen molar-refractivity contribution in [3.05, 3.63) is 130 Å². The number of carbonyl (C=O) groups is 2. The predicted molar refractivity (Wildman–Crippen MR) is 167 cm³/mol. The van der Waals surface area contributed by atoms with Crippen LogP contribution < -0.4 is 9.62 Å². The van der Waals surface area contributed by atoms with Crippen LogP contribution in [-0.4, -0.2) is 44.3 Å². The Morgan fingerprint density at radius 1 is 0.860 bits per heavy atom. The van der Waals surface area contributed by atoms with Gasteiger partial charge in [0.25, 0.3) is 10.0 Å². The zero-order valence-corrected chi connectivity index (χ0v) is 25.6. The van der Waals surface area contributed by atoms with Crippen LogP contribution >= 0.6 is 23.2 Å². The molecule has 11 heteroatoms. The van der Waals surface area contributed by atoms with Gasteiger partial charge in [-0.05, 0) is 48.9 Å². The summed E-state index contributed by atoms with van der Waals surface area (Å²) in [5.74, 6) is -1.75. The number of nitrogens with one attached hydrogen (secondary N) is 1. The van der Waals surface area contributed by atoms with Crippen molar-refractivity contribution >= 4 is 50.7 Å². The lowest BCUT2D eigenvalue weighted by atomic mass is 10.0. The Morgan fingerprint density at radius 2 is 1.44 bits per heavy atom. The lowest BCUT2D eigenvalue weighted by molar-refractivity contribution is -0.140. The number of nitrogens with zero attached hydrogens (tertiary/aromatic N) is 2. The molecule has 43 heavy (non-hydrogen) atoms. The molecule has 0 aliphatic heterocycles. The standard InChI is InChI=1S/C32H30Cl2FN3O4S/c1-2-36-32(40)30(17-23-11-5-3-6-12-23)37(21-24-13-9-10-16-29(24)35)31(39)22-38(27-19-25(33)18-26(34)20-27)43(41,42)28-14-7-4-8-15-28/h3-16,18-20,30H,2,17,21-22H2,1H3,(H,36,40). The van der Waals surface area contributed by atoms with Gasteiger partial charge in [-0.25, -0.2) is 12.8 Å². The predicted octanol–water partition coefficient (Wildman–Crippen LogP) is 6.10. The number of sulfonamides is 1. The van der Waals surface area contributed by atoms with Crippen molar-refractivity contribution in [1.82, 2.24) is 10.2 Å². The molecule has 0 aliphatic carbocycles. The minimum Gasteiger partial charge on any atom is -0.355 e. The van der Waals surface area contributed by atoms with Crippen molar-refractivity contribution in [1.29, 1.82) is 0 Å². The third kappa shape index (κ3) is 8.13. The molecule has 0 fully saturated rings. The topological polar surface area (TPSA) is 86.8 Å².